The monoisotopic (exact) mass is 317 g/mol. The van der Waals surface area contributed by atoms with Crippen molar-refractivity contribution in [3.63, 3.8) is 0 Å². The van der Waals surface area contributed by atoms with Gasteiger partial charge in [-0.15, -0.1) is 0 Å². The lowest BCUT2D eigenvalue weighted by molar-refractivity contribution is -0.182. The second-order valence-electron chi connectivity index (χ2n) is 6.15. The molecule has 0 radical (unpaired) electrons. The summed E-state index contributed by atoms with van der Waals surface area (Å²) < 4.78 is 17.1. The molecule has 0 bridgehead atoms. The van der Waals surface area contributed by atoms with Crippen LogP contribution in [0.3, 0.4) is 0 Å². The number of phenolic OH excluding ortho intramolecular Hbond substituents is 1. The molecule has 1 aromatic rings. The fourth-order valence-electron chi connectivity index (χ4n) is 3.31. The van der Waals surface area contributed by atoms with Crippen LogP contribution in [0.25, 0.3) is 0 Å². The van der Waals surface area contributed by atoms with E-state index in [0.717, 1.165) is 25.9 Å². The van der Waals surface area contributed by atoms with Gasteiger partial charge in [-0.2, -0.15) is 0 Å². The van der Waals surface area contributed by atoms with E-state index in [4.69, 9.17) is 14.2 Å². The summed E-state index contributed by atoms with van der Waals surface area (Å²) in [5, 5.41) is 9.75. The first kappa shape index (κ1) is 14.5. The Morgan fingerprint density at radius 1 is 1.22 bits per heavy atom. The zero-order chi connectivity index (χ0) is 16.0. The molecular formula is C17H19NO5. The molecule has 3 aliphatic heterocycles. The average Bonchev–Trinajstić information content (AvgIpc) is 3.13. The lowest BCUT2D eigenvalue weighted by Gasteiger charge is -2.37. The second-order valence-corrected chi connectivity index (χ2v) is 6.15. The lowest BCUT2D eigenvalue weighted by atomic mass is 10.0. The number of carbonyl (C=O) groups excluding carboxylic acids is 1. The first-order chi connectivity index (χ1) is 11.1. The molecule has 1 spiro atoms. The van der Waals surface area contributed by atoms with E-state index in [1.807, 2.05) is 0 Å². The summed E-state index contributed by atoms with van der Waals surface area (Å²) in [6.07, 6.45) is 3.32. The van der Waals surface area contributed by atoms with E-state index in [9.17, 15) is 9.90 Å². The van der Waals surface area contributed by atoms with Crippen LogP contribution in [0.15, 0.2) is 24.1 Å². The molecule has 0 saturated carbocycles. The number of aromatic hydroxyl groups is 1. The number of Topliss-reactive ketones (excluding diaryl/α,β-unsaturated/α-hetero) is 1. The van der Waals surface area contributed by atoms with Gasteiger partial charge in [-0.05, 0) is 19.1 Å². The molecule has 1 aromatic carbocycles. The Labute approximate surface area is 134 Å². The van der Waals surface area contributed by atoms with Gasteiger partial charge in [0.25, 0.3) is 0 Å². The van der Waals surface area contributed by atoms with Crippen LogP contribution in [-0.4, -0.2) is 47.9 Å². The number of hydrogen-bond donors (Lipinski definition) is 1. The molecule has 0 unspecified atom stereocenters. The molecular weight excluding hydrogens is 298 g/mol. The van der Waals surface area contributed by atoms with E-state index >= 15 is 0 Å². The fourth-order valence-corrected chi connectivity index (χ4v) is 3.31. The highest BCUT2D eigenvalue weighted by Crippen LogP contribution is 2.38. The number of carbonyl (C=O) groups is 1. The van der Waals surface area contributed by atoms with E-state index in [0.29, 0.717) is 35.8 Å². The van der Waals surface area contributed by atoms with Crippen molar-refractivity contribution < 1.29 is 24.1 Å². The van der Waals surface area contributed by atoms with Crippen molar-refractivity contribution in [3.8, 4) is 11.5 Å². The van der Waals surface area contributed by atoms with Gasteiger partial charge < -0.3 is 24.2 Å². The highest BCUT2D eigenvalue weighted by Gasteiger charge is 2.40. The number of allylic oxidation sites excluding steroid dienone is 1. The van der Waals surface area contributed by atoms with E-state index in [2.05, 4.69) is 4.90 Å². The average molecular weight is 317 g/mol. The standard InChI is InChI=1S/C17H19NO5/c1-11-13(19)3-2-12-15(20)14(23-16(11)12)10-18-6-4-17(5-7-18)21-8-9-22-17/h2-3,10,19H,4-9H2,1H3/b14-10-. The Hall–Kier alpha value is -2.05. The van der Waals surface area contributed by atoms with Gasteiger partial charge in [0.2, 0.25) is 5.78 Å². The molecule has 2 saturated heterocycles. The predicted molar refractivity (Wildman–Crippen MR) is 81.3 cm³/mol. The quantitative estimate of drug-likeness (QED) is 0.799. The zero-order valence-electron chi connectivity index (χ0n) is 13.0. The normalized spacial score (nSPS) is 24.3. The number of fused-ring (bicyclic) bond motifs is 1. The summed E-state index contributed by atoms with van der Waals surface area (Å²) in [7, 11) is 0. The van der Waals surface area contributed by atoms with E-state index in [-0.39, 0.29) is 11.5 Å². The third-order valence-corrected chi connectivity index (χ3v) is 4.73. The van der Waals surface area contributed by atoms with E-state index < -0.39 is 5.79 Å². The highest BCUT2D eigenvalue weighted by atomic mass is 16.7. The van der Waals surface area contributed by atoms with Crippen molar-refractivity contribution in [2.45, 2.75) is 25.6 Å². The van der Waals surface area contributed by atoms with Crippen molar-refractivity contribution in [1.82, 2.24) is 4.90 Å². The van der Waals surface area contributed by atoms with Gasteiger partial charge in [-0.3, -0.25) is 4.79 Å². The predicted octanol–water partition coefficient (Wildman–Crippen LogP) is 1.96. The molecule has 0 aromatic heterocycles. The zero-order valence-corrected chi connectivity index (χ0v) is 13.0. The van der Waals surface area contributed by atoms with Crippen LogP contribution in [0.2, 0.25) is 0 Å². The van der Waals surface area contributed by atoms with E-state index in [1.165, 1.54) is 6.07 Å². The minimum atomic E-state index is -0.430. The largest absolute Gasteiger partial charge is 0.508 e. The van der Waals surface area contributed by atoms with Crippen molar-refractivity contribution >= 4 is 5.78 Å². The van der Waals surface area contributed by atoms with E-state index in [1.54, 1.807) is 19.2 Å². The van der Waals surface area contributed by atoms with Gasteiger partial charge in [0, 0.05) is 37.7 Å². The van der Waals surface area contributed by atoms with Gasteiger partial charge in [-0.1, -0.05) is 0 Å². The maximum Gasteiger partial charge on any atom is 0.233 e. The summed E-state index contributed by atoms with van der Waals surface area (Å²) >= 11 is 0. The van der Waals surface area contributed by atoms with Crippen LogP contribution in [-0.2, 0) is 9.47 Å². The Morgan fingerprint density at radius 3 is 2.61 bits per heavy atom. The van der Waals surface area contributed by atoms with Gasteiger partial charge >= 0.3 is 0 Å². The first-order valence-corrected chi connectivity index (χ1v) is 7.87. The number of benzene rings is 1. The molecule has 2 fully saturated rings. The van der Waals surface area contributed by atoms with Crippen LogP contribution in [0.1, 0.15) is 28.8 Å². The molecule has 4 rings (SSSR count). The molecule has 0 atom stereocenters. The van der Waals surface area contributed by atoms with Crippen molar-refractivity contribution in [3.05, 3.63) is 35.2 Å². The summed E-state index contributed by atoms with van der Waals surface area (Å²) in [6, 6.07) is 3.13. The fraction of sp³-hybridized carbons (Fsp3) is 0.471. The highest BCUT2D eigenvalue weighted by molar-refractivity contribution is 6.12. The number of nitrogens with zero attached hydrogens (tertiary/aromatic N) is 1. The first-order valence-electron chi connectivity index (χ1n) is 7.87. The minimum Gasteiger partial charge on any atom is -0.508 e. The van der Waals surface area contributed by atoms with Crippen LogP contribution in [0, 0.1) is 6.92 Å². The Kier molecular flexibility index (Phi) is 3.32. The molecule has 0 aliphatic carbocycles. The van der Waals surface area contributed by atoms with Crippen LogP contribution >= 0.6 is 0 Å². The van der Waals surface area contributed by atoms with Crippen molar-refractivity contribution in [1.29, 1.82) is 0 Å². The van der Waals surface area contributed by atoms with Gasteiger partial charge in [0.05, 0.1) is 18.8 Å². The van der Waals surface area contributed by atoms with Crippen molar-refractivity contribution in [2.24, 2.45) is 0 Å². The maximum atomic E-state index is 12.4. The lowest BCUT2D eigenvalue weighted by Crippen LogP contribution is -2.43. The maximum absolute atomic E-state index is 12.4. The number of phenols is 1. The smallest absolute Gasteiger partial charge is 0.233 e. The van der Waals surface area contributed by atoms with Crippen LogP contribution in [0.4, 0.5) is 0 Å². The molecule has 0 amide bonds. The van der Waals surface area contributed by atoms with Crippen molar-refractivity contribution in [2.75, 3.05) is 26.3 Å². The van der Waals surface area contributed by atoms with Crippen LogP contribution < -0.4 is 4.74 Å². The number of ketones is 1. The number of likely N-dealkylation sites (tertiary alicyclic amines) is 1. The molecule has 3 aliphatic rings. The number of piperidine rings is 1. The molecule has 3 heterocycles. The Bertz CT molecular complexity index is 680. The number of ether oxygens (including phenoxy) is 3. The number of rotatable bonds is 1. The summed E-state index contributed by atoms with van der Waals surface area (Å²) in [6.45, 7) is 4.55. The third kappa shape index (κ3) is 2.38. The van der Waals surface area contributed by atoms with Crippen LogP contribution in [0.5, 0.6) is 11.5 Å². The topological polar surface area (TPSA) is 68.2 Å². The van der Waals surface area contributed by atoms with Gasteiger partial charge in [0.1, 0.15) is 11.5 Å². The number of hydrogen-bond acceptors (Lipinski definition) is 6. The van der Waals surface area contributed by atoms with Gasteiger partial charge in [-0.25, -0.2) is 0 Å². The molecule has 23 heavy (non-hydrogen) atoms. The molecule has 6 nitrogen and oxygen atoms in total. The Balaban J connectivity index is 1.50. The molecule has 6 heteroatoms. The minimum absolute atomic E-state index is 0.133. The second kappa shape index (κ2) is 5.25. The third-order valence-electron chi connectivity index (χ3n) is 4.73. The van der Waals surface area contributed by atoms with Gasteiger partial charge in [0.15, 0.2) is 11.5 Å². The summed E-state index contributed by atoms with van der Waals surface area (Å²) in [5.41, 5.74) is 1.09. The molecule has 1 N–H and O–H groups in total. The Morgan fingerprint density at radius 2 is 1.91 bits per heavy atom. The molecule has 122 valence electrons. The summed E-state index contributed by atoms with van der Waals surface area (Å²) in [4.78, 5) is 14.5. The summed E-state index contributed by atoms with van der Waals surface area (Å²) in [5.74, 6) is 0.320. The SMILES string of the molecule is Cc1c(O)ccc2c1O/C(=C\N1CCC3(CC1)OCCO3)C2=O.